The van der Waals surface area contributed by atoms with E-state index < -0.39 is 10.0 Å². The second kappa shape index (κ2) is 5.25. The number of nitrogens with zero attached hydrogens (tertiary/aromatic N) is 2. The van der Waals surface area contributed by atoms with Gasteiger partial charge in [-0.2, -0.15) is 5.10 Å². The molecule has 3 N–H and O–H groups in total. The lowest BCUT2D eigenvalue weighted by Gasteiger charge is -2.05. The summed E-state index contributed by atoms with van der Waals surface area (Å²) in [7, 11) is -3.65. The van der Waals surface area contributed by atoms with Crippen LogP contribution < -0.4 is 4.72 Å². The molecule has 0 aliphatic rings. The second-order valence-electron chi connectivity index (χ2n) is 3.59. The Bertz CT molecular complexity index is 593. The molecule has 0 aliphatic carbocycles. The second-order valence-corrected chi connectivity index (χ2v) is 5.31. The maximum Gasteiger partial charge on any atom is 0.258 e. The van der Waals surface area contributed by atoms with E-state index in [4.69, 9.17) is 5.11 Å². The standard InChI is InChI=1S/C10H12N4O3S/c15-7-8-1-2-10(11-3-8)18(16,17)14-6-9-4-12-13-5-9/h1-5,14-15H,6-7H2,(H,12,13). The van der Waals surface area contributed by atoms with Crippen LogP contribution in [0.1, 0.15) is 11.1 Å². The molecule has 2 aromatic heterocycles. The maximum absolute atomic E-state index is 11.9. The van der Waals surface area contributed by atoms with E-state index >= 15 is 0 Å². The number of aromatic nitrogens is 3. The van der Waals surface area contributed by atoms with E-state index in [0.717, 1.165) is 5.56 Å². The third kappa shape index (κ3) is 2.92. The first-order valence-electron chi connectivity index (χ1n) is 5.15. The summed E-state index contributed by atoms with van der Waals surface area (Å²) >= 11 is 0. The highest BCUT2D eigenvalue weighted by atomic mass is 32.2. The molecule has 2 heterocycles. The Kier molecular flexibility index (Phi) is 3.70. The highest BCUT2D eigenvalue weighted by Gasteiger charge is 2.15. The third-order valence-electron chi connectivity index (χ3n) is 2.28. The van der Waals surface area contributed by atoms with Crippen molar-refractivity contribution in [3.05, 3.63) is 41.9 Å². The smallest absolute Gasteiger partial charge is 0.258 e. The Morgan fingerprint density at radius 1 is 1.28 bits per heavy atom. The Morgan fingerprint density at radius 3 is 2.67 bits per heavy atom. The van der Waals surface area contributed by atoms with E-state index in [1.807, 2.05) is 0 Å². The predicted molar refractivity (Wildman–Crippen MR) is 62.8 cm³/mol. The van der Waals surface area contributed by atoms with Crippen LogP contribution in [0.2, 0.25) is 0 Å². The van der Waals surface area contributed by atoms with Gasteiger partial charge in [-0.15, -0.1) is 0 Å². The van der Waals surface area contributed by atoms with Gasteiger partial charge in [-0.05, 0) is 11.6 Å². The van der Waals surface area contributed by atoms with Gasteiger partial charge in [-0.3, -0.25) is 5.10 Å². The Labute approximate surface area is 104 Å². The number of H-pyrrole nitrogens is 1. The van der Waals surface area contributed by atoms with Crippen molar-refractivity contribution in [3.63, 3.8) is 0 Å². The first-order valence-corrected chi connectivity index (χ1v) is 6.63. The zero-order chi connectivity index (χ0) is 13.0. The highest BCUT2D eigenvalue weighted by molar-refractivity contribution is 7.89. The molecule has 0 aromatic carbocycles. The third-order valence-corrected chi connectivity index (χ3v) is 3.59. The molecule has 0 aliphatic heterocycles. The van der Waals surface area contributed by atoms with Crippen molar-refractivity contribution in [2.45, 2.75) is 18.2 Å². The lowest BCUT2D eigenvalue weighted by molar-refractivity contribution is 0.281. The molecule has 0 bridgehead atoms. The summed E-state index contributed by atoms with van der Waals surface area (Å²) in [6.45, 7) is -0.0297. The minimum atomic E-state index is -3.65. The number of rotatable bonds is 5. The van der Waals surface area contributed by atoms with Crippen molar-refractivity contribution in [1.29, 1.82) is 0 Å². The molecule has 2 rings (SSSR count). The van der Waals surface area contributed by atoms with Crippen LogP contribution in [-0.2, 0) is 23.2 Å². The van der Waals surface area contributed by atoms with Crippen molar-refractivity contribution in [2.75, 3.05) is 0 Å². The lowest BCUT2D eigenvalue weighted by atomic mass is 10.3. The zero-order valence-electron chi connectivity index (χ0n) is 9.37. The number of aliphatic hydroxyl groups is 1. The number of sulfonamides is 1. The van der Waals surface area contributed by atoms with Gasteiger partial charge in [0.25, 0.3) is 10.0 Å². The molecule has 2 aromatic rings. The minimum Gasteiger partial charge on any atom is -0.392 e. The monoisotopic (exact) mass is 268 g/mol. The summed E-state index contributed by atoms with van der Waals surface area (Å²) in [5.74, 6) is 0. The van der Waals surface area contributed by atoms with Gasteiger partial charge >= 0.3 is 0 Å². The van der Waals surface area contributed by atoms with E-state index in [9.17, 15) is 8.42 Å². The molecule has 0 atom stereocenters. The summed E-state index contributed by atoms with van der Waals surface area (Å²) in [6.07, 6.45) is 4.46. The van der Waals surface area contributed by atoms with Crippen LogP contribution in [0.5, 0.6) is 0 Å². The van der Waals surface area contributed by atoms with Gasteiger partial charge in [0.05, 0.1) is 12.8 Å². The van der Waals surface area contributed by atoms with Crippen molar-refractivity contribution in [1.82, 2.24) is 19.9 Å². The van der Waals surface area contributed by atoms with E-state index in [0.29, 0.717) is 5.56 Å². The van der Waals surface area contributed by atoms with Crippen LogP contribution in [-0.4, -0.2) is 28.7 Å². The van der Waals surface area contributed by atoms with Gasteiger partial charge in [-0.1, -0.05) is 6.07 Å². The quantitative estimate of drug-likeness (QED) is 0.694. The number of hydrogen-bond donors (Lipinski definition) is 3. The van der Waals surface area contributed by atoms with Gasteiger partial charge in [0.15, 0.2) is 5.03 Å². The van der Waals surface area contributed by atoms with Crippen molar-refractivity contribution < 1.29 is 13.5 Å². The number of hydrogen-bond acceptors (Lipinski definition) is 5. The fourth-order valence-corrected chi connectivity index (χ4v) is 2.23. The summed E-state index contributed by atoms with van der Waals surface area (Å²) < 4.78 is 26.1. The molecule has 7 nitrogen and oxygen atoms in total. The average Bonchev–Trinajstić information content (AvgIpc) is 2.90. The SMILES string of the molecule is O=S(=O)(NCc1cn[nH]c1)c1ccc(CO)cn1. The van der Waals surface area contributed by atoms with Gasteiger partial charge in [-0.25, -0.2) is 18.1 Å². The summed E-state index contributed by atoms with van der Waals surface area (Å²) in [5, 5.41) is 15.1. The number of aromatic amines is 1. The molecule has 0 unspecified atom stereocenters. The fraction of sp³-hybridized carbons (Fsp3) is 0.200. The topological polar surface area (TPSA) is 108 Å². The average molecular weight is 268 g/mol. The van der Waals surface area contributed by atoms with E-state index in [2.05, 4.69) is 19.9 Å². The number of pyridine rings is 1. The zero-order valence-corrected chi connectivity index (χ0v) is 10.2. The maximum atomic E-state index is 11.9. The van der Waals surface area contributed by atoms with E-state index in [1.54, 1.807) is 6.20 Å². The molecule has 0 saturated carbocycles. The Hall–Kier alpha value is -1.77. The van der Waals surface area contributed by atoms with Crippen LogP contribution in [0.25, 0.3) is 0 Å². The fourth-order valence-electron chi connectivity index (χ4n) is 1.29. The van der Waals surface area contributed by atoms with Crippen LogP contribution in [0.3, 0.4) is 0 Å². The van der Waals surface area contributed by atoms with E-state index in [-0.39, 0.29) is 18.2 Å². The molecule has 96 valence electrons. The lowest BCUT2D eigenvalue weighted by Crippen LogP contribution is -2.24. The Morgan fingerprint density at radius 2 is 2.11 bits per heavy atom. The van der Waals surface area contributed by atoms with Crippen molar-refractivity contribution in [3.8, 4) is 0 Å². The molecule has 8 heteroatoms. The largest absolute Gasteiger partial charge is 0.392 e. The summed E-state index contributed by atoms with van der Waals surface area (Å²) in [6, 6.07) is 2.86. The summed E-state index contributed by atoms with van der Waals surface area (Å²) in [4.78, 5) is 3.79. The number of nitrogens with one attached hydrogen (secondary N) is 2. The van der Waals surface area contributed by atoms with Crippen molar-refractivity contribution >= 4 is 10.0 Å². The molecule has 18 heavy (non-hydrogen) atoms. The molecule has 0 amide bonds. The molecule has 0 radical (unpaired) electrons. The van der Waals surface area contributed by atoms with Crippen LogP contribution in [0.15, 0.2) is 35.7 Å². The van der Waals surface area contributed by atoms with Crippen molar-refractivity contribution in [2.24, 2.45) is 0 Å². The molecule has 0 fully saturated rings. The van der Waals surface area contributed by atoms with Crippen LogP contribution in [0, 0.1) is 0 Å². The first-order chi connectivity index (χ1) is 8.62. The number of aliphatic hydroxyl groups excluding tert-OH is 1. The van der Waals surface area contributed by atoms with E-state index in [1.165, 1.54) is 24.5 Å². The molecular formula is C10H12N4O3S. The van der Waals surface area contributed by atoms with Gasteiger partial charge in [0.1, 0.15) is 0 Å². The van der Waals surface area contributed by atoms with Crippen LogP contribution in [0.4, 0.5) is 0 Å². The van der Waals surface area contributed by atoms with Gasteiger partial charge < -0.3 is 5.11 Å². The molecular weight excluding hydrogens is 256 g/mol. The first kappa shape index (κ1) is 12.7. The molecule has 0 spiro atoms. The predicted octanol–water partition coefficient (Wildman–Crippen LogP) is -0.225. The molecule has 0 saturated heterocycles. The highest BCUT2D eigenvalue weighted by Crippen LogP contribution is 2.07. The van der Waals surface area contributed by atoms with Gasteiger partial charge in [0, 0.05) is 24.5 Å². The minimum absolute atomic E-state index is 0.0804. The summed E-state index contributed by atoms with van der Waals surface area (Å²) in [5.41, 5.74) is 1.29. The van der Waals surface area contributed by atoms with Gasteiger partial charge in [0.2, 0.25) is 0 Å². The van der Waals surface area contributed by atoms with Crippen LogP contribution >= 0.6 is 0 Å². The normalized spacial score (nSPS) is 11.6. The Balaban J connectivity index is 2.09.